The maximum Gasteiger partial charge on any atom is 0.348 e. The number of benzene rings is 1. The monoisotopic (exact) mass is 361 g/mol. The SMILES string of the molecule is C[C@@H]1CN(C(=O)[C@H](C)OC(=O)[C@H]2Cc3ccccc3C(=O)O2)C[C@@H](C)O1. The highest BCUT2D eigenvalue weighted by atomic mass is 16.6. The van der Waals surface area contributed by atoms with E-state index in [0.717, 1.165) is 5.56 Å². The molecule has 2 aliphatic rings. The van der Waals surface area contributed by atoms with Crippen LogP contribution in [0.3, 0.4) is 0 Å². The number of morpholine rings is 1. The van der Waals surface area contributed by atoms with Gasteiger partial charge in [-0.3, -0.25) is 4.79 Å². The fraction of sp³-hybridized carbons (Fsp3) is 0.526. The third-order valence-corrected chi connectivity index (χ3v) is 4.53. The van der Waals surface area contributed by atoms with Gasteiger partial charge in [0.05, 0.1) is 17.8 Å². The second-order valence-electron chi connectivity index (χ2n) is 6.83. The molecule has 1 aromatic rings. The van der Waals surface area contributed by atoms with Crippen LogP contribution in [0.2, 0.25) is 0 Å². The molecule has 140 valence electrons. The van der Waals surface area contributed by atoms with Gasteiger partial charge in [0.25, 0.3) is 5.91 Å². The van der Waals surface area contributed by atoms with Crippen LogP contribution in [0.15, 0.2) is 24.3 Å². The second-order valence-corrected chi connectivity index (χ2v) is 6.83. The summed E-state index contributed by atoms with van der Waals surface area (Å²) in [4.78, 5) is 38.6. The van der Waals surface area contributed by atoms with E-state index in [9.17, 15) is 14.4 Å². The first-order valence-electron chi connectivity index (χ1n) is 8.78. The van der Waals surface area contributed by atoms with E-state index in [1.807, 2.05) is 13.8 Å². The quantitative estimate of drug-likeness (QED) is 0.756. The summed E-state index contributed by atoms with van der Waals surface area (Å²) >= 11 is 0. The molecule has 2 aliphatic heterocycles. The number of esters is 2. The maximum atomic E-state index is 12.6. The molecule has 2 heterocycles. The van der Waals surface area contributed by atoms with Crippen LogP contribution >= 0.6 is 0 Å². The maximum absolute atomic E-state index is 12.6. The fourth-order valence-corrected chi connectivity index (χ4v) is 3.38. The summed E-state index contributed by atoms with van der Waals surface area (Å²) in [6.45, 7) is 6.23. The number of carbonyl (C=O) groups excluding carboxylic acids is 3. The highest BCUT2D eigenvalue weighted by molar-refractivity contribution is 5.95. The summed E-state index contributed by atoms with van der Waals surface area (Å²) in [7, 11) is 0. The van der Waals surface area contributed by atoms with Crippen molar-refractivity contribution >= 4 is 17.8 Å². The molecule has 0 spiro atoms. The number of ether oxygens (including phenoxy) is 3. The molecular weight excluding hydrogens is 338 g/mol. The van der Waals surface area contributed by atoms with Gasteiger partial charge >= 0.3 is 11.9 Å². The number of hydrogen-bond donors (Lipinski definition) is 0. The molecule has 0 radical (unpaired) electrons. The third-order valence-electron chi connectivity index (χ3n) is 4.53. The first-order chi connectivity index (χ1) is 12.3. The lowest BCUT2D eigenvalue weighted by molar-refractivity contribution is -0.170. The van der Waals surface area contributed by atoms with Crippen LogP contribution < -0.4 is 0 Å². The zero-order chi connectivity index (χ0) is 18.8. The van der Waals surface area contributed by atoms with Gasteiger partial charge in [0.1, 0.15) is 0 Å². The molecular formula is C19H23NO6. The van der Waals surface area contributed by atoms with Crippen LogP contribution in [0.1, 0.15) is 36.7 Å². The Hall–Kier alpha value is -2.41. The number of rotatable bonds is 3. The summed E-state index contributed by atoms with van der Waals surface area (Å²) < 4.78 is 16.1. The molecule has 0 aromatic heterocycles. The van der Waals surface area contributed by atoms with E-state index in [1.54, 1.807) is 29.2 Å². The fourth-order valence-electron chi connectivity index (χ4n) is 3.38. The van der Waals surface area contributed by atoms with Gasteiger partial charge in [0.15, 0.2) is 6.10 Å². The van der Waals surface area contributed by atoms with Gasteiger partial charge in [-0.2, -0.15) is 0 Å². The van der Waals surface area contributed by atoms with Crippen molar-refractivity contribution in [2.45, 2.75) is 51.6 Å². The first-order valence-corrected chi connectivity index (χ1v) is 8.78. The second kappa shape index (κ2) is 7.45. The van der Waals surface area contributed by atoms with Crippen LogP contribution in [-0.4, -0.2) is 60.3 Å². The summed E-state index contributed by atoms with van der Waals surface area (Å²) in [5.74, 6) is -1.53. The zero-order valence-electron chi connectivity index (χ0n) is 15.1. The van der Waals surface area contributed by atoms with Crippen LogP contribution in [0.25, 0.3) is 0 Å². The van der Waals surface area contributed by atoms with E-state index in [2.05, 4.69) is 0 Å². The molecule has 1 amide bonds. The number of nitrogens with zero attached hydrogens (tertiary/aromatic N) is 1. The Balaban J connectivity index is 1.61. The van der Waals surface area contributed by atoms with Gasteiger partial charge in [-0.1, -0.05) is 18.2 Å². The van der Waals surface area contributed by atoms with Gasteiger partial charge in [0.2, 0.25) is 6.10 Å². The van der Waals surface area contributed by atoms with E-state index < -0.39 is 24.1 Å². The Morgan fingerprint density at radius 3 is 2.54 bits per heavy atom. The van der Waals surface area contributed by atoms with Crippen molar-refractivity contribution in [3.63, 3.8) is 0 Å². The first kappa shape index (κ1) is 18.4. The van der Waals surface area contributed by atoms with E-state index in [-0.39, 0.29) is 24.5 Å². The molecule has 1 saturated heterocycles. The third kappa shape index (κ3) is 3.88. The Morgan fingerprint density at radius 2 is 1.85 bits per heavy atom. The molecule has 0 aliphatic carbocycles. The minimum atomic E-state index is -1.03. The minimum Gasteiger partial charge on any atom is -0.450 e. The number of cyclic esters (lactones) is 1. The van der Waals surface area contributed by atoms with E-state index in [1.165, 1.54) is 6.92 Å². The molecule has 7 nitrogen and oxygen atoms in total. The molecule has 1 aromatic carbocycles. The standard InChI is InChI=1S/C19H23NO6/c1-11-9-20(10-12(2)24-11)17(21)13(3)25-19(23)16-8-14-6-4-5-7-15(14)18(22)26-16/h4-7,11-13,16H,8-10H2,1-3H3/t11-,12-,13+,16-/m1/s1. The Labute approximate surface area is 152 Å². The number of amides is 1. The molecule has 0 N–H and O–H groups in total. The molecule has 26 heavy (non-hydrogen) atoms. The van der Waals surface area contributed by atoms with Crippen molar-refractivity contribution in [2.75, 3.05) is 13.1 Å². The molecule has 0 bridgehead atoms. The largest absolute Gasteiger partial charge is 0.450 e. The number of hydrogen-bond acceptors (Lipinski definition) is 6. The summed E-state index contributed by atoms with van der Waals surface area (Å²) in [5.41, 5.74) is 1.19. The van der Waals surface area contributed by atoms with E-state index >= 15 is 0 Å². The van der Waals surface area contributed by atoms with Gasteiger partial charge in [-0.15, -0.1) is 0 Å². The van der Waals surface area contributed by atoms with Crippen molar-refractivity contribution < 1.29 is 28.6 Å². The lowest BCUT2D eigenvalue weighted by Gasteiger charge is -2.36. The predicted molar refractivity (Wildman–Crippen MR) is 91.5 cm³/mol. The summed E-state index contributed by atoms with van der Waals surface area (Å²) in [6, 6.07) is 6.98. The molecule has 4 atom stereocenters. The number of carbonyl (C=O) groups is 3. The van der Waals surface area contributed by atoms with Crippen LogP contribution in [0.5, 0.6) is 0 Å². The normalized spacial score (nSPS) is 26.5. The highest BCUT2D eigenvalue weighted by Crippen LogP contribution is 2.22. The van der Waals surface area contributed by atoms with E-state index in [4.69, 9.17) is 14.2 Å². The molecule has 0 saturated carbocycles. The predicted octanol–water partition coefficient (Wildman–Crippen LogP) is 1.34. The van der Waals surface area contributed by atoms with Crippen LogP contribution in [0, 0.1) is 0 Å². The van der Waals surface area contributed by atoms with Crippen molar-refractivity contribution in [1.82, 2.24) is 4.90 Å². The average molecular weight is 361 g/mol. The van der Waals surface area contributed by atoms with Crippen molar-refractivity contribution in [1.29, 1.82) is 0 Å². The zero-order valence-corrected chi connectivity index (χ0v) is 15.1. The highest BCUT2D eigenvalue weighted by Gasteiger charge is 2.35. The lowest BCUT2D eigenvalue weighted by atomic mass is 9.99. The lowest BCUT2D eigenvalue weighted by Crippen LogP contribution is -2.52. The molecule has 0 unspecified atom stereocenters. The Morgan fingerprint density at radius 1 is 1.19 bits per heavy atom. The van der Waals surface area contributed by atoms with Crippen molar-refractivity contribution in [2.24, 2.45) is 0 Å². The van der Waals surface area contributed by atoms with Crippen LogP contribution in [-0.2, 0) is 30.2 Å². The van der Waals surface area contributed by atoms with Gasteiger partial charge in [0, 0.05) is 19.5 Å². The van der Waals surface area contributed by atoms with Crippen molar-refractivity contribution in [3.8, 4) is 0 Å². The molecule has 7 heteroatoms. The number of fused-ring (bicyclic) bond motifs is 1. The molecule has 1 fully saturated rings. The van der Waals surface area contributed by atoms with Crippen molar-refractivity contribution in [3.05, 3.63) is 35.4 Å². The Kier molecular flexibility index (Phi) is 5.27. The smallest absolute Gasteiger partial charge is 0.348 e. The van der Waals surface area contributed by atoms with Gasteiger partial charge in [-0.25, -0.2) is 9.59 Å². The minimum absolute atomic E-state index is 0.0681. The van der Waals surface area contributed by atoms with Crippen LogP contribution in [0.4, 0.5) is 0 Å². The van der Waals surface area contributed by atoms with Gasteiger partial charge < -0.3 is 19.1 Å². The average Bonchev–Trinajstić information content (AvgIpc) is 2.60. The summed E-state index contributed by atoms with van der Waals surface area (Å²) in [5, 5.41) is 0. The summed E-state index contributed by atoms with van der Waals surface area (Å²) in [6.07, 6.45) is -1.87. The molecule has 3 rings (SSSR count). The topological polar surface area (TPSA) is 82.1 Å². The van der Waals surface area contributed by atoms with E-state index in [0.29, 0.717) is 18.7 Å². The Bertz CT molecular complexity index is 708. The van der Waals surface area contributed by atoms with Gasteiger partial charge in [-0.05, 0) is 32.4 Å².